The van der Waals surface area contributed by atoms with Crippen LogP contribution in [0, 0.1) is 5.92 Å². The van der Waals surface area contributed by atoms with E-state index < -0.39 is 11.4 Å². The van der Waals surface area contributed by atoms with Crippen molar-refractivity contribution < 1.29 is 24.4 Å². The zero-order valence-electron chi connectivity index (χ0n) is 10.5. The molecule has 2 rings (SSSR count). The summed E-state index contributed by atoms with van der Waals surface area (Å²) in [5.74, 6) is -1.74. The van der Waals surface area contributed by atoms with Gasteiger partial charge in [0.15, 0.2) is 0 Å². The molecular weight excluding hydrogens is 224 g/mol. The van der Waals surface area contributed by atoms with Crippen molar-refractivity contribution in [1.82, 2.24) is 0 Å². The predicted molar refractivity (Wildman–Crippen MR) is 58.6 cm³/mol. The van der Waals surface area contributed by atoms with E-state index in [1.807, 2.05) is 6.92 Å². The highest BCUT2D eigenvalue weighted by molar-refractivity contribution is 5.66. The molecule has 1 fully saturated rings. The number of carbonyl (C=O) groups excluding carboxylic acids is 1. The highest BCUT2D eigenvalue weighted by Crippen LogP contribution is 2.47. The molecule has 0 spiro atoms. The zero-order chi connectivity index (χ0) is 12.8. The largest absolute Gasteiger partial charge is 0.458 e. The maximum atomic E-state index is 11.0. The van der Waals surface area contributed by atoms with Gasteiger partial charge in [0, 0.05) is 24.8 Å². The van der Waals surface area contributed by atoms with Crippen LogP contribution in [0.1, 0.15) is 34.1 Å². The molecule has 0 saturated carbocycles. The van der Waals surface area contributed by atoms with Crippen LogP contribution in [0.25, 0.3) is 0 Å². The molecule has 0 amide bonds. The van der Waals surface area contributed by atoms with Crippen LogP contribution in [0.5, 0.6) is 0 Å². The van der Waals surface area contributed by atoms with Crippen LogP contribution in [0.4, 0.5) is 0 Å². The van der Waals surface area contributed by atoms with Gasteiger partial charge in [0.1, 0.15) is 11.7 Å². The van der Waals surface area contributed by atoms with Crippen molar-refractivity contribution in [3.63, 3.8) is 0 Å². The Balaban J connectivity index is 2.33. The smallest absolute Gasteiger partial charge is 0.303 e. The normalized spacial score (nSPS) is 39.5. The summed E-state index contributed by atoms with van der Waals surface area (Å²) in [5, 5.41) is 10.3. The fourth-order valence-electron chi connectivity index (χ4n) is 2.43. The minimum atomic E-state index is -1.39. The number of esters is 1. The number of aliphatic hydroxyl groups is 1. The van der Waals surface area contributed by atoms with Crippen LogP contribution < -0.4 is 0 Å². The molecule has 0 aromatic heterocycles. The lowest BCUT2D eigenvalue weighted by Gasteiger charge is -2.34. The Morgan fingerprint density at radius 2 is 2.18 bits per heavy atom. The van der Waals surface area contributed by atoms with E-state index in [1.54, 1.807) is 19.9 Å². The average molecular weight is 242 g/mol. The number of ether oxygens (including phenoxy) is 1. The fraction of sp³-hybridized carbons (Fsp3) is 0.750. The molecule has 0 unspecified atom stereocenters. The van der Waals surface area contributed by atoms with E-state index in [2.05, 4.69) is 0 Å². The highest BCUT2D eigenvalue weighted by Gasteiger charge is 2.55. The van der Waals surface area contributed by atoms with Crippen LogP contribution in [0.15, 0.2) is 11.6 Å². The molecule has 17 heavy (non-hydrogen) atoms. The molecule has 1 N–H and O–H groups in total. The lowest BCUT2D eigenvalue weighted by Crippen LogP contribution is -2.43. The van der Waals surface area contributed by atoms with Gasteiger partial charge in [-0.15, -0.1) is 0 Å². The topological polar surface area (TPSA) is 65.0 Å². The van der Waals surface area contributed by atoms with Crippen LogP contribution >= 0.6 is 0 Å². The summed E-state index contributed by atoms with van der Waals surface area (Å²) in [6, 6.07) is 0. The van der Waals surface area contributed by atoms with Gasteiger partial charge in [0.05, 0.1) is 0 Å². The van der Waals surface area contributed by atoms with Crippen LogP contribution in [-0.2, 0) is 19.3 Å². The summed E-state index contributed by atoms with van der Waals surface area (Å²) in [6.07, 6.45) is 1.75. The van der Waals surface area contributed by atoms with E-state index in [4.69, 9.17) is 14.5 Å². The summed E-state index contributed by atoms with van der Waals surface area (Å²) in [5.41, 5.74) is -0.0813. The Morgan fingerprint density at radius 1 is 1.53 bits per heavy atom. The lowest BCUT2D eigenvalue weighted by atomic mass is 9.78. The molecule has 5 nitrogen and oxygen atoms in total. The first-order chi connectivity index (χ1) is 7.74. The van der Waals surface area contributed by atoms with Crippen molar-refractivity contribution in [2.75, 3.05) is 0 Å². The van der Waals surface area contributed by atoms with E-state index in [1.165, 1.54) is 6.92 Å². The zero-order valence-corrected chi connectivity index (χ0v) is 10.5. The second kappa shape index (κ2) is 3.80. The first-order valence-electron chi connectivity index (χ1n) is 5.74. The molecule has 0 radical (unpaired) electrons. The molecular formula is C12H18O5. The average Bonchev–Trinajstić information content (AvgIpc) is 2.40. The third-order valence-electron chi connectivity index (χ3n) is 3.25. The lowest BCUT2D eigenvalue weighted by molar-refractivity contribution is -0.392. The second-order valence-corrected chi connectivity index (χ2v) is 5.30. The summed E-state index contributed by atoms with van der Waals surface area (Å²) in [7, 11) is 0. The Labute approximate surface area is 100 Å². The molecule has 1 aliphatic heterocycles. The molecule has 5 heteroatoms. The van der Waals surface area contributed by atoms with E-state index in [0.29, 0.717) is 12.0 Å². The number of hydrogen-bond donors (Lipinski definition) is 1. The van der Waals surface area contributed by atoms with Gasteiger partial charge in [0.2, 0.25) is 5.79 Å². The van der Waals surface area contributed by atoms with Crippen molar-refractivity contribution in [1.29, 1.82) is 0 Å². The van der Waals surface area contributed by atoms with Gasteiger partial charge in [-0.05, 0) is 19.9 Å². The minimum absolute atomic E-state index is 0.0230. The molecule has 1 saturated heterocycles. The van der Waals surface area contributed by atoms with Crippen molar-refractivity contribution in [2.45, 2.75) is 51.6 Å². The maximum absolute atomic E-state index is 11.0. The number of fused-ring (bicyclic) bond motifs is 1. The third-order valence-corrected chi connectivity index (χ3v) is 3.25. The van der Waals surface area contributed by atoms with Crippen molar-refractivity contribution in [3.8, 4) is 0 Å². The molecule has 0 aromatic rings. The molecule has 0 aromatic carbocycles. The SMILES string of the molecule is CC(=O)O[C@H]1C=C2C(C)(C)OO[C@@]2(O)C[C@H]1C. The van der Waals surface area contributed by atoms with Crippen molar-refractivity contribution >= 4 is 5.97 Å². The summed E-state index contributed by atoms with van der Waals surface area (Å²) >= 11 is 0. The molecule has 1 aliphatic carbocycles. The van der Waals surface area contributed by atoms with Crippen LogP contribution in [0.2, 0.25) is 0 Å². The number of hydrogen-bond acceptors (Lipinski definition) is 5. The highest BCUT2D eigenvalue weighted by atomic mass is 17.2. The van der Waals surface area contributed by atoms with E-state index >= 15 is 0 Å². The standard InChI is InChI=1S/C12H18O5/c1-7-6-12(14)10(11(3,4)16-17-12)5-9(7)15-8(2)13/h5,7,9,14H,6H2,1-4H3/t7-,9+,12+/m1/s1. The van der Waals surface area contributed by atoms with Crippen molar-refractivity contribution in [3.05, 3.63) is 11.6 Å². The van der Waals surface area contributed by atoms with Gasteiger partial charge < -0.3 is 9.84 Å². The Bertz CT molecular complexity index is 373. The molecule has 96 valence electrons. The van der Waals surface area contributed by atoms with Crippen LogP contribution in [0.3, 0.4) is 0 Å². The van der Waals surface area contributed by atoms with Gasteiger partial charge in [0.25, 0.3) is 0 Å². The number of rotatable bonds is 1. The van der Waals surface area contributed by atoms with E-state index in [9.17, 15) is 9.90 Å². The maximum Gasteiger partial charge on any atom is 0.303 e. The van der Waals surface area contributed by atoms with Crippen LogP contribution in [-0.4, -0.2) is 28.6 Å². The van der Waals surface area contributed by atoms with Gasteiger partial charge in [-0.3, -0.25) is 4.79 Å². The third kappa shape index (κ3) is 2.10. The summed E-state index contributed by atoms with van der Waals surface area (Å²) in [4.78, 5) is 21.2. The van der Waals surface area contributed by atoms with Gasteiger partial charge in [-0.2, -0.15) is 4.89 Å². The predicted octanol–water partition coefficient (Wildman–Crippen LogP) is 1.31. The van der Waals surface area contributed by atoms with Gasteiger partial charge in [-0.25, -0.2) is 4.89 Å². The Morgan fingerprint density at radius 3 is 2.76 bits per heavy atom. The van der Waals surface area contributed by atoms with E-state index in [-0.39, 0.29) is 18.0 Å². The summed E-state index contributed by atoms with van der Waals surface area (Å²) < 4.78 is 5.21. The second-order valence-electron chi connectivity index (χ2n) is 5.30. The van der Waals surface area contributed by atoms with Crippen molar-refractivity contribution in [2.24, 2.45) is 5.92 Å². The molecule has 2 aliphatic rings. The minimum Gasteiger partial charge on any atom is -0.458 e. The Hall–Kier alpha value is -0.910. The molecule has 1 heterocycles. The van der Waals surface area contributed by atoms with Gasteiger partial charge in [-0.1, -0.05) is 6.92 Å². The Kier molecular flexibility index (Phi) is 2.80. The quantitative estimate of drug-likeness (QED) is 0.426. The number of carbonyl (C=O) groups is 1. The van der Waals surface area contributed by atoms with E-state index in [0.717, 1.165) is 0 Å². The fourth-order valence-corrected chi connectivity index (χ4v) is 2.43. The van der Waals surface area contributed by atoms with Gasteiger partial charge >= 0.3 is 5.97 Å². The molecule has 3 atom stereocenters. The first-order valence-corrected chi connectivity index (χ1v) is 5.74. The molecule has 0 bridgehead atoms. The monoisotopic (exact) mass is 242 g/mol. The summed E-state index contributed by atoms with van der Waals surface area (Å²) in [6.45, 7) is 6.88. The first kappa shape index (κ1) is 12.5.